The number of halogens is 2. The number of benzene rings is 2. The molecule has 0 spiro atoms. The Balaban J connectivity index is 2.34. The van der Waals surface area contributed by atoms with E-state index in [-0.39, 0.29) is 19.4 Å². The Morgan fingerprint density at radius 3 is 1.63 bits per heavy atom. The second-order valence-corrected chi connectivity index (χ2v) is 7.14. The number of carbonyl (C=O) groups excluding carboxylic acids is 2. The number of carbonyl (C=O) groups is 2. The Bertz CT molecular complexity index is 938. The minimum Gasteiger partial charge on any atom is -0.468 e. The molecular formula is C24H20Cl2O4. The highest BCUT2D eigenvalue weighted by atomic mass is 35.5. The fraction of sp³-hybridized carbons (Fsp3) is 0.250. The Labute approximate surface area is 186 Å². The van der Waals surface area contributed by atoms with Crippen molar-refractivity contribution in [2.45, 2.75) is 19.8 Å². The molecular weight excluding hydrogens is 423 g/mol. The minimum atomic E-state index is -1.65. The third-order valence-corrected chi connectivity index (χ3v) is 4.68. The van der Waals surface area contributed by atoms with Gasteiger partial charge in [-0.1, -0.05) is 46.9 Å². The lowest BCUT2D eigenvalue weighted by molar-refractivity contribution is -0.169. The molecule has 2 aromatic rings. The van der Waals surface area contributed by atoms with Crippen LogP contribution in [-0.4, -0.2) is 25.7 Å². The summed E-state index contributed by atoms with van der Waals surface area (Å²) in [6.45, 7) is 1.78. The summed E-state index contributed by atoms with van der Waals surface area (Å²) in [6, 6.07) is 13.8. The summed E-state index contributed by atoms with van der Waals surface area (Å²) in [5.41, 5.74) is -0.243. The number of methoxy groups -OCH3 is 1. The van der Waals surface area contributed by atoms with Gasteiger partial charge in [-0.25, -0.2) is 0 Å². The summed E-state index contributed by atoms with van der Waals surface area (Å²) >= 11 is 11.8. The third-order valence-electron chi connectivity index (χ3n) is 4.18. The van der Waals surface area contributed by atoms with Gasteiger partial charge in [0.25, 0.3) is 0 Å². The Kier molecular flexibility index (Phi) is 8.81. The molecule has 0 fully saturated rings. The number of esters is 2. The molecule has 0 atom stereocenters. The first-order valence-corrected chi connectivity index (χ1v) is 9.91. The predicted molar refractivity (Wildman–Crippen MR) is 117 cm³/mol. The highest BCUT2D eigenvalue weighted by Gasteiger charge is 2.47. The van der Waals surface area contributed by atoms with E-state index in [1.165, 1.54) is 7.11 Å². The van der Waals surface area contributed by atoms with E-state index in [9.17, 15) is 9.59 Å². The van der Waals surface area contributed by atoms with Crippen molar-refractivity contribution in [3.8, 4) is 23.7 Å². The monoisotopic (exact) mass is 442 g/mol. The lowest BCUT2D eigenvalue weighted by atomic mass is 9.81. The number of hydrogen-bond acceptors (Lipinski definition) is 4. The third kappa shape index (κ3) is 6.29. The van der Waals surface area contributed by atoms with Gasteiger partial charge in [0.15, 0.2) is 5.41 Å². The van der Waals surface area contributed by atoms with Crippen LogP contribution in [0.1, 0.15) is 30.9 Å². The molecule has 0 amide bonds. The van der Waals surface area contributed by atoms with Crippen molar-refractivity contribution in [3.05, 3.63) is 69.7 Å². The highest BCUT2D eigenvalue weighted by molar-refractivity contribution is 6.30. The van der Waals surface area contributed by atoms with Gasteiger partial charge in [0.05, 0.1) is 13.7 Å². The molecule has 0 saturated heterocycles. The van der Waals surface area contributed by atoms with Gasteiger partial charge in [-0.2, -0.15) is 0 Å². The van der Waals surface area contributed by atoms with E-state index in [1.807, 2.05) is 0 Å². The van der Waals surface area contributed by atoms with Crippen LogP contribution in [0.4, 0.5) is 0 Å². The molecule has 6 heteroatoms. The van der Waals surface area contributed by atoms with E-state index in [0.717, 1.165) is 0 Å². The van der Waals surface area contributed by atoms with Gasteiger partial charge >= 0.3 is 11.9 Å². The summed E-state index contributed by atoms with van der Waals surface area (Å²) in [6.07, 6.45) is -0.202. The van der Waals surface area contributed by atoms with Crippen LogP contribution in [0.2, 0.25) is 10.0 Å². The van der Waals surface area contributed by atoms with Crippen LogP contribution >= 0.6 is 23.2 Å². The van der Waals surface area contributed by atoms with Crippen molar-refractivity contribution in [3.63, 3.8) is 0 Å². The van der Waals surface area contributed by atoms with Crippen LogP contribution in [0.25, 0.3) is 0 Å². The number of ether oxygens (including phenoxy) is 2. The van der Waals surface area contributed by atoms with Gasteiger partial charge < -0.3 is 9.47 Å². The minimum absolute atomic E-state index is 0.101. The van der Waals surface area contributed by atoms with Crippen molar-refractivity contribution >= 4 is 35.1 Å². The van der Waals surface area contributed by atoms with Crippen molar-refractivity contribution in [1.29, 1.82) is 0 Å². The van der Waals surface area contributed by atoms with E-state index in [4.69, 9.17) is 32.7 Å². The van der Waals surface area contributed by atoms with Gasteiger partial charge in [-0.3, -0.25) is 9.59 Å². The molecule has 154 valence electrons. The van der Waals surface area contributed by atoms with E-state index in [2.05, 4.69) is 23.7 Å². The molecule has 0 heterocycles. The van der Waals surface area contributed by atoms with Crippen molar-refractivity contribution in [2.75, 3.05) is 13.7 Å². The highest BCUT2D eigenvalue weighted by Crippen LogP contribution is 2.30. The van der Waals surface area contributed by atoms with Crippen LogP contribution in [0, 0.1) is 29.1 Å². The molecule has 0 N–H and O–H groups in total. The van der Waals surface area contributed by atoms with Gasteiger partial charge in [-0.15, -0.1) is 0 Å². The second-order valence-electron chi connectivity index (χ2n) is 6.27. The zero-order chi connectivity index (χ0) is 22.0. The molecule has 30 heavy (non-hydrogen) atoms. The summed E-state index contributed by atoms with van der Waals surface area (Å²) in [5, 5.41) is 1.18. The molecule has 2 aromatic carbocycles. The Morgan fingerprint density at radius 2 is 1.27 bits per heavy atom. The Morgan fingerprint density at radius 1 is 0.833 bits per heavy atom. The molecule has 2 rings (SSSR count). The maximum absolute atomic E-state index is 12.7. The SMILES string of the molecule is CCOC(=O)C(CC#Cc1ccc(Cl)cc1)(CC#Cc1ccc(Cl)cc1)C(=O)OC. The fourth-order valence-corrected chi connectivity index (χ4v) is 2.81. The maximum atomic E-state index is 12.7. The largest absolute Gasteiger partial charge is 0.468 e. The van der Waals surface area contributed by atoms with Crippen LogP contribution in [0.3, 0.4) is 0 Å². The lowest BCUT2D eigenvalue weighted by Crippen LogP contribution is -2.41. The van der Waals surface area contributed by atoms with E-state index in [0.29, 0.717) is 21.2 Å². The topological polar surface area (TPSA) is 52.6 Å². The molecule has 0 aliphatic carbocycles. The van der Waals surface area contributed by atoms with Crippen molar-refractivity contribution < 1.29 is 19.1 Å². The average Bonchev–Trinajstić information content (AvgIpc) is 2.75. The van der Waals surface area contributed by atoms with Gasteiger partial charge in [0, 0.05) is 34.0 Å². The zero-order valence-electron chi connectivity index (χ0n) is 16.6. The number of rotatable bonds is 5. The van der Waals surface area contributed by atoms with E-state index in [1.54, 1.807) is 55.5 Å². The summed E-state index contributed by atoms with van der Waals surface area (Å²) in [7, 11) is 1.22. The van der Waals surface area contributed by atoms with E-state index >= 15 is 0 Å². The second kappa shape index (κ2) is 11.3. The molecule has 0 aliphatic heterocycles. The molecule has 0 unspecified atom stereocenters. The van der Waals surface area contributed by atoms with Crippen molar-refractivity contribution in [2.24, 2.45) is 5.41 Å². The number of hydrogen-bond donors (Lipinski definition) is 0. The summed E-state index contributed by atoms with van der Waals surface area (Å²) < 4.78 is 10.1. The Hall–Kier alpha value is -2.92. The molecule has 0 radical (unpaired) electrons. The molecule has 0 saturated carbocycles. The normalized spacial score (nSPS) is 10.1. The fourth-order valence-electron chi connectivity index (χ4n) is 2.56. The van der Waals surface area contributed by atoms with Gasteiger partial charge in [-0.05, 0) is 55.5 Å². The van der Waals surface area contributed by atoms with Crippen LogP contribution in [0.15, 0.2) is 48.5 Å². The molecule has 0 aromatic heterocycles. The summed E-state index contributed by atoms with van der Waals surface area (Å²) in [5.74, 6) is 10.2. The first kappa shape index (κ1) is 23.4. The standard InChI is InChI=1S/C24H20Cl2O4/c1-3-30-23(28)24(22(27)29-2,16-4-6-18-8-12-20(25)13-9-18)17-5-7-19-10-14-21(26)15-11-19/h8-15H,3,16-17H2,1-2H3. The maximum Gasteiger partial charge on any atom is 0.325 e. The first-order valence-electron chi connectivity index (χ1n) is 9.16. The first-order chi connectivity index (χ1) is 14.4. The molecule has 4 nitrogen and oxygen atoms in total. The lowest BCUT2D eigenvalue weighted by Gasteiger charge is -2.24. The van der Waals surface area contributed by atoms with Gasteiger partial charge in [0.2, 0.25) is 0 Å². The van der Waals surface area contributed by atoms with Crippen LogP contribution < -0.4 is 0 Å². The van der Waals surface area contributed by atoms with Crippen LogP contribution in [-0.2, 0) is 19.1 Å². The zero-order valence-corrected chi connectivity index (χ0v) is 18.1. The van der Waals surface area contributed by atoms with E-state index < -0.39 is 17.4 Å². The quantitative estimate of drug-likeness (QED) is 0.375. The van der Waals surface area contributed by atoms with Crippen LogP contribution in [0.5, 0.6) is 0 Å². The average molecular weight is 443 g/mol. The van der Waals surface area contributed by atoms with Gasteiger partial charge in [0.1, 0.15) is 0 Å². The smallest absolute Gasteiger partial charge is 0.325 e. The molecule has 0 bridgehead atoms. The summed E-state index contributed by atoms with van der Waals surface area (Å²) in [4.78, 5) is 25.4. The molecule has 0 aliphatic rings. The van der Waals surface area contributed by atoms with Crippen molar-refractivity contribution in [1.82, 2.24) is 0 Å². The predicted octanol–water partition coefficient (Wildman–Crippen LogP) is 4.90.